The molecule has 0 aliphatic carbocycles. The number of hydrogen-bond donors (Lipinski definition) is 15. The number of carboxylic acids is 4. The highest BCUT2D eigenvalue weighted by molar-refractivity contribution is 5.99. The first-order valence-electron chi connectivity index (χ1n) is 20.1. The second-order valence-electron chi connectivity index (χ2n) is 14.2. The number of carboxylic acid groups (broad SMARTS) is 4. The van der Waals surface area contributed by atoms with E-state index in [0.29, 0.717) is 45.1 Å². The minimum atomic E-state index is -1.91. The Balaban J connectivity index is 6.42. The molecule has 7 atom stereocenters. The topological polar surface area (TPSA) is 454 Å². The highest BCUT2D eigenvalue weighted by Gasteiger charge is 2.35. The zero-order chi connectivity index (χ0) is 46.5. The summed E-state index contributed by atoms with van der Waals surface area (Å²) >= 11 is 0. The number of carbonyl (C=O) groups is 10. The van der Waals surface area contributed by atoms with Crippen LogP contribution < -0.4 is 60.6 Å². The van der Waals surface area contributed by atoms with Crippen molar-refractivity contribution in [1.82, 2.24) is 31.9 Å². The van der Waals surface area contributed by atoms with Gasteiger partial charge in [0.1, 0.15) is 36.3 Å². The summed E-state index contributed by atoms with van der Waals surface area (Å²) in [6.07, 6.45) is -0.313. The second kappa shape index (κ2) is 31.4. The second-order valence-corrected chi connectivity index (χ2v) is 14.2. The highest BCUT2D eigenvalue weighted by atomic mass is 16.4. The van der Waals surface area contributed by atoms with E-state index >= 15 is 0 Å². The van der Waals surface area contributed by atoms with E-state index in [-0.39, 0.29) is 58.2 Å². The van der Waals surface area contributed by atoms with E-state index < -0.39 is 121 Å². The quantitative estimate of drug-likeness (QED) is 0.0266. The van der Waals surface area contributed by atoms with E-state index in [2.05, 4.69) is 31.9 Å². The summed E-state index contributed by atoms with van der Waals surface area (Å²) in [5.41, 5.74) is 28.0. The van der Waals surface area contributed by atoms with E-state index in [4.69, 9.17) is 28.7 Å². The fourth-order valence-electron chi connectivity index (χ4n) is 5.71. The molecule has 0 aromatic rings. The minimum absolute atomic E-state index is 0.0534. The minimum Gasteiger partial charge on any atom is -0.481 e. The summed E-state index contributed by atoms with van der Waals surface area (Å²) in [6.45, 7) is 0.917. The van der Waals surface area contributed by atoms with E-state index in [1.165, 1.54) is 0 Å². The summed E-state index contributed by atoms with van der Waals surface area (Å²) in [4.78, 5) is 127. The third-order valence-corrected chi connectivity index (χ3v) is 9.06. The van der Waals surface area contributed by atoms with E-state index in [1.54, 1.807) is 0 Å². The number of hydrogen-bond acceptors (Lipinski definition) is 15. The van der Waals surface area contributed by atoms with Crippen molar-refractivity contribution >= 4 is 59.3 Å². The molecule has 0 saturated carbocycles. The summed E-state index contributed by atoms with van der Waals surface area (Å²) in [5, 5.41) is 51.7. The lowest BCUT2D eigenvalue weighted by Gasteiger charge is -2.27. The molecule has 0 aliphatic rings. The van der Waals surface area contributed by atoms with Gasteiger partial charge in [0.25, 0.3) is 0 Å². The number of rotatable bonds is 35. The number of nitrogens with two attached hydrogens (primary N) is 5. The first-order chi connectivity index (χ1) is 28.8. The predicted molar refractivity (Wildman–Crippen MR) is 216 cm³/mol. The van der Waals surface area contributed by atoms with Gasteiger partial charge in [-0.3, -0.25) is 43.2 Å². The van der Waals surface area contributed by atoms with Crippen LogP contribution in [0.4, 0.5) is 0 Å². The van der Waals surface area contributed by atoms with Crippen LogP contribution in [-0.2, 0) is 47.9 Å². The van der Waals surface area contributed by atoms with Crippen molar-refractivity contribution < 1.29 is 68.4 Å². The molecule has 0 bridgehead atoms. The molecule has 0 unspecified atom stereocenters. The Morgan fingerprint density at radius 3 is 0.885 bits per heavy atom. The smallest absolute Gasteiger partial charge is 0.326 e. The molecule has 25 nitrogen and oxygen atoms in total. The normalized spacial score (nSPS) is 14.4. The monoisotopic (exact) mass is 875 g/mol. The number of aliphatic carboxylic acids is 4. The SMILES string of the molecule is NCCCC[C@H](NC(=O)[C@H](CC(=O)O)NC(=O)[C@H](CCCCN)NC(=O)[C@H](CC(=O)O)NC(=O)[C@H](CCCCN)NC(=O)[C@H](CC(=O)O)NC(=O)[C@@H](N)CCCCN)C(=O)O. The molecule has 0 heterocycles. The van der Waals surface area contributed by atoms with Gasteiger partial charge in [-0.25, -0.2) is 4.79 Å². The van der Waals surface area contributed by atoms with Gasteiger partial charge in [0, 0.05) is 0 Å². The van der Waals surface area contributed by atoms with Gasteiger partial charge in [-0.05, 0) is 96.8 Å². The van der Waals surface area contributed by atoms with Crippen LogP contribution in [0.2, 0.25) is 0 Å². The molecular formula is C36H65N11O14. The van der Waals surface area contributed by atoms with Crippen molar-refractivity contribution in [3.8, 4) is 0 Å². The molecule has 0 spiro atoms. The van der Waals surface area contributed by atoms with Crippen LogP contribution in [0.3, 0.4) is 0 Å². The Morgan fingerprint density at radius 1 is 0.344 bits per heavy atom. The molecule has 348 valence electrons. The maximum Gasteiger partial charge on any atom is 0.326 e. The molecule has 20 N–H and O–H groups in total. The Morgan fingerprint density at radius 2 is 0.590 bits per heavy atom. The average Bonchev–Trinajstić information content (AvgIpc) is 3.18. The Labute approximate surface area is 352 Å². The zero-order valence-electron chi connectivity index (χ0n) is 34.2. The van der Waals surface area contributed by atoms with Gasteiger partial charge in [-0.15, -0.1) is 0 Å². The van der Waals surface area contributed by atoms with Crippen LogP contribution in [-0.4, -0.2) is 148 Å². The van der Waals surface area contributed by atoms with E-state index in [1.807, 2.05) is 0 Å². The van der Waals surface area contributed by atoms with Crippen LogP contribution >= 0.6 is 0 Å². The van der Waals surface area contributed by atoms with Gasteiger partial charge >= 0.3 is 23.9 Å². The van der Waals surface area contributed by atoms with Crippen LogP contribution in [0.5, 0.6) is 0 Å². The van der Waals surface area contributed by atoms with E-state index in [0.717, 1.165) is 0 Å². The van der Waals surface area contributed by atoms with Gasteiger partial charge in [0.2, 0.25) is 35.4 Å². The molecule has 0 saturated heterocycles. The lowest BCUT2D eigenvalue weighted by molar-refractivity contribution is -0.144. The van der Waals surface area contributed by atoms with Crippen LogP contribution in [0.25, 0.3) is 0 Å². The van der Waals surface area contributed by atoms with Gasteiger partial charge in [-0.2, -0.15) is 0 Å². The third-order valence-electron chi connectivity index (χ3n) is 9.06. The summed E-state index contributed by atoms with van der Waals surface area (Å²) < 4.78 is 0. The maximum atomic E-state index is 13.7. The van der Waals surface area contributed by atoms with Gasteiger partial charge < -0.3 is 81.0 Å². The van der Waals surface area contributed by atoms with Crippen LogP contribution in [0, 0.1) is 0 Å². The number of unbranched alkanes of at least 4 members (excludes halogenated alkanes) is 4. The van der Waals surface area contributed by atoms with Crippen molar-refractivity contribution in [3.63, 3.8) is 0 Å². The highest BCUT2D eigenvalue weighted by Crippen LogP contribution is 2.09. The number of amides is 6. The molecule has 61 heavy (non-hydrogen) atoms. The molecule has 6 amide bonds. The van der Waals surface area contributed by atoms with Gasteiger partial charge in [0.05, 0.1) is 25.3 Å². The van der Waals surface area contributed by atoms with Gasteiger partial charge in [-0.1, -0.05) is 6.42 Å². The van der Waals surface area contributed by atoms with Crippen LogP contribution in [0.1, 0.15) is 96.3 Å². The molecule has 0 aromatic carbocycles. The molecule has 25 heteroatoms. The lowest BCUT2D eigenvalue weighted by Crippen LogP contribution is -2.60. The molecular weight excluding hydrogens is 810 g/mol. The average molecular weight is 876 g/mol. The summed E-state index contributed by atoms with van der Waals surface area (Å²) in [6, 6.07) is -11.1. The third kappa shape index (κ3) is 24.4. The van der Waals surface area contributed by atoms with Crippen molar-refractivity contribution in [2.45, 2.75) is 139 Å². The molecule has 0 aromatic heterocycles. The first-order valence-corrected chi connectivity index (χ1v) is 20.1. The van der Waals surface area contributed by atoms with E-state index in [9.17, 15) is 68.4 Å². The fourth-order valence-corrected chi connectivity index (χ4v) is 5.71. The van der Waals surface area contributed by atoms with Crippen molar-refractivity contribution in [2.24, 2.45) is 28.7 Å². The standard InChI is InChI=1S/C36H65N11O14/c37-13-5-1-9-20(41)30(54)45-24(17-27(48)49)33(57)42-21(10-2-6-14-38)31(55)46-25(18-28(50)51)34(58)43-22(11-3-7-15-39)32(56)47-26(19-29(52)53)35(59)44-23(36(60)61)12-4-8-16-40/h20-26H,1-19,37-41H2,(H,42,57)(H,43,58)(H,44,59)(H,45,54)(H,46,55)(H,47,56)(H,48,49)(H,50,51)(H,52,53)(H,60,61)/t20-,21-,22-,23-,24-,25-,26-/m0/s1. The Bertz CT molecular complexity index is 1470. The van der Waals surface area contributed by atoms with Crippen molar-refractivity contribution in [3.05, 3.63) is 0 Å². The Hall–Kier alpha value is -5.50. The van der Waals surface area contributed by atoms with Crippen molar-refractivity contribution in [2.75, 3.05) is 26.2 Å². The summed E-state index contributed by atoms with van der Waals surface area (Å²) in [5.74, 6) is -12.6. The molecule has 0 radical (unpaired) electrons. The zero-order valence-corrected chi connectivity index (χ0v) is 34.2. The summed E-state index contributed by atoms with van der Waals surface area (Å²) in [7, 11) is 0. The van der Waals surface area contributed by atoms with Gasteiger partial charge in [0.15, 0.2) is 0 Å². The number of nitrogens with one attached hydrogen (secondary N) is 6. The maximum absolute atomic E-state index is 13.7. The fraction of sp³-hybridized carbons (Fsp3) is 0.722. The predicted octanol–water partition coefficient (Wildman–Crippen LogP) is -4.75. The molecule has 0 fully saturated rings. The van der Waals surface area contributed by atoms with Crippen LogP contribution in [0.15, 0.2) is 0 Å². The lowest BCUT2D eigenvalue weighted by atomic mass is 10.0. The number of carbonyl (C=O) groups excluding carboxylic acids is 6. The first kappa shape index (κ1) is 55.5. The largest absolute Gasteiger partial charge is 0.481 e. The Kier molecular flexibility index (Phi) is 28.6. The molecule has 0 aliphatic heterocycles. The molecule has 0 rings (SSSR count). The van der Waals surface area contributed by atoms with Crippen molar-refractivity contribution in [1.29, 1.82) is 0 Å².